The number of hydrogen-bond acceptors (Lipinski definition) is 2. The van der Waals surface area contributed by atoms with Crippen LogP contribution < -0.4 is 5.32 Å². The molecule has 0 fully saturated rings. The Balaban J connectivity index is 1.74. The minimum absolute atomic E-state index is 0.0504. The average Bonchev–Trinajstić information content (AvgIpc) is 3.18. The normalized spacial score (nSPS) is 12.1. The second-order valence-corrected chi connectivity index (χ2v) is 6.61. The molecule has 1 N–H and O–H groups in total. The van der Waals surface area contributed by atoms with Gasteiger partial charge in [-0.05, 0) is 36.8 Å². The lowest BCUT2D eigenvalue weighted by atomic mass is 9.95. The number of carbonyl (C=O) groups is 1. The van der Waals surface area contributed by atoms with Crippen molar-refractivity contribution in [2.75, 3.05) is 5.32 Å². The maximum absolute atomic E-state index is 12.5. The molecule has 130 valence electrons. The third kappa shape index (κ3) is 4.51. The summed E-state index contributed by atoms with van der Waals surface area (Å²) in [5, 5.41) is 7.86. The Labute approximate surface area is 152 Å². The first kappa shape index (κ1) is 17.3. The van der Waals surface area contributed by atoms with Crippen LogP contribution in [0.15, 0.2) is 54.9 Å². The third-order valence-electron chi connectivity index (χ3n) is 4.25. The highest BCUT2D eigenvalue weighted by Gasteiger charge is 2.18. The van der Waals surface area contributed by atoms with E-state index in [0.717, 1.165) is 17.8 Å². The first-order valence-electron chi connectivity index (χ1n) is 8.18. The zero-order chi connectivity index (χ0) is 17.8. The van der Waals surface area contributed by atoms with E-state index in [0.29, 0.717) is 17.3 Å². The van der Waals surface area contributed by atoms with E-state index in [-0.39, 0.29) is 11.8 Å². The molecule has 0 unspecified atom stereocenters. The van der Waals surface area contributed by atoms with Crippen molar-refractivity contribution in [2.24, 2.45) is 7.05 Å². The summed E-state index contributed by atoms with van der Waals surface area (Å²) in [6.45, 7) is 2.68. The van der Waals surface area contributed by atoms with Gasteiger partial charge in [-0.3, -0.25) is 9.48 Å². The van der Waals surface area contributed by atoms with Gasteiger partial charge in [0, 0.05) is 55.1 Å². The second kappa shape index (κ2) is 7.57. The molecule has 0 bridgehead atoms. The van der Waals surface area contributed by atoms with E-state index in [1.165, 1.54) is 0 Å². The number of rotatable bonds is 6. The van der Waals surface area contributed by atoms with Crippen LogP contribution in [-0.4, -0.2) is 20.3 Å². The van der Waals surface area contributed by atoms with Crippen LogP contribution in [0, 0.1) is 6.92 Å². The molecule has 0 radical (unpaired) electrons. The number of nitrogens with zero attached hydrogens (tertiary/aromatic N) is 3. The molecule has 0 aliphatic rings. The largest absolute Gasteiger partial charge is 0.354 e. The lowest BCUT2D eigenvalue weighted by Crippen LogP contribution is -2.19. The smallest absolute Gasteiger partial charge is 0.226 e. The number of aromatic nitrogens is 3. The zero-order valence-corrected chi connectivity index (χ0v) is 15.1. The summed E-state index contributed by atoms with van der Waals surface area (Å²) in [7, 11) is 1.85. The van der Waals surface area contributed by atoms with Crippen LogP contribution in [0.4, 0.5) is 5.82 Å². The number of anilines is 1. The van der Waals surface area contributed by atoms with Crippen molar-refractivity contribution in [3.05, 3.63) is 71.1 Å². The molecule has 0 aliphatic carbocycles. The van der Waals surface area contributed by atoms with Crippen molar-refractivity contribution in [3.8, 4) is 0 Å². The molecule has 3 aromatic rings. The molecule has 2 aromatic heterocycles. The molecule has 5 nitrogen and oxygen atoms in total. The molecule has 1 aromatic carbocycles. The molecule has 6 heteroatoms. The Kier molecular flexibility index (Phi) is 5.24. The van der Waals surface area contributed by atoms with E-state index in [2.05, 4.69) is 15.0 Å². The predicted molar refractivity (Wildman–Crippen MR) is 99.8 cm³/mol. The Morgan fingerprint density at radius 1 is 1.24 bits per heavy atom. The number of nitrogens with one attached hydrogen (secondary N) is 1. The van der Waals surface area contributed by atoms with Crippen LogP contribution in [0.1, 0.15) is 23.6 Å². The van der Waals surface area contributed by atoms with Gasteiger partial charge in [-0.15, -0.1) is 0 Å². The van der Waals surface area contributed by atoms with E-state index in [9.17, 15) is 4.79 Å². The number of hydrogen-bond donors (Lipinski definition) is 1. The number of benzene rings is 1. The number of aryl methyl sites for hydroxylation is 2. The molecule has 0 aliphatic heterocycles. The Hall–Kier alpha value is -2.53. The Morgan fingerprint density at radius 3 is 2.52 bits per heavy atom. The fraction of sp³-hybridized carbons (Fsp3) is 0.263. The molecule has 3 rings (SSSR count). The molecule has 0 spiro atoms. The summed E-state index contributed by atoms with van der Waals surface area (Å²) in [4.78, 5) is 12.5. The fourth-order valence-electron chi connectivity index (χ4n) is 2.81. The van der Waals surface area contributed by atoms with Crippen molar-refractivity contribution < 1.29 is 4.79 Å². The Bertz CT molecular complexity index is 817. The summed E-state index contributed by atoms with van der Waals surface area (Å²) in [6.07, 6.45) is 4.38. The van der Waals surface area contributed by atoms with Crippen LogP contribution in [0.25, 0.3) is 0 Å². The van der Waals surface area contributed by atoms with Gasteiger partial charge in [0.05, 0.1) is 0 Å². The van der Waals surface area contributed by atoms with Crippen molar-refractivity contribution in [3.63, 3.8) is 0 Å². The lowest BCUT2D eigenvalue weighted by Gasteiger charge is -2.18. The average molecular weight is 357 g/mol. The maximum Gasteiger partial charge on any atom is 0.226 e. The zero-order valence-electron chi connectivity index (χ0n) is 14.3. The monoisotopic (exact) mass is 356 g/mol. The molecule has 1 atom stereocenters. The summed E-state index contributed by atoms with van der Waals surface area (Å²) in [5.41, 5.74) is 2.09. The standard InChI is InChI=1S/C19H21ClN4O/c1-14-11-18(22-23(14)2)21-19(25)12-16(13-24-9-3-4-10-24)15-5-7-17(20)8-6-15/h3-11,16H,12-13H2,1-2H3,(H,21,22,25)/t16-/m0/s1. The van der Waals surface area contributed by atoms with Gasteiger partial charge in [-0.1, -0.05) is 23.7 Å². The van der Waals surface area contributed by atoms with E-state index in [1.54, 1.807) is 4.68 Å². The van der Waals surface area contributed by atoms with Gasteiger partial charge in [-0.2, -0.15) is 5.10 Å². The van der Waals surface area contributed by atoms with Crippen molar-refractivity contribution >= 4 is 23.3 Å². The summed E-state index contributed by atoms with van der Waals surface area (Å²) < 4.78 is 3.82. The van der Waals surface area contributed by atoms with E-state index >= 15 is 0 Å². The minimum atomic E-state index is -0.0507. The summed E-state index contributed by atoms with van der Waals surface area (Å²) in [5.74, 6) is 0.584. The SMILES string of the molecule is Cc1cc(NC(=O)C[C@@H](Cn2cccc2)c2ccc(Cl)cc2)nn1C. The van der Waals surface area contributed by atoms with Crippen LogP contribution in [0.5, 0.6) is 0 Å². The third-order valence-corrected chi connectivity index (χ3v) is 4.50. The van der Waals surface area contributed by atoms with Gasteiger partial charge in [0.1, 0.15) is 0 Å². The summed E-state index contributed by atoms with van der Waals surface area (Å²) >= 11 is 5.99. The van der Waals surface area contributed by atoms with E-state index in [1.807, 2.05) is 68.8 Å². The van der Waals surface area contributed by atoms with Gasteiger partial charge >= 0.3 is 0 Å². The van der Waals surface area contributed by atoms with Crippen LogP contribution >= 0.6 is 11.6 Å². The van der Waals surface area contributed by atoms with Gasteiger partial charge in [0.25, 0.3) is 0 Å². The van der Waals surface area contributed by atoms with Crippen LogP contribution in [0.3, 0.4) is 0 Å². The fourth-order valence-corrected chi connectivity index (χ4v) is 2.93. The Morgan fingerprint density at radius 2 is 1.92 bits per heavy atom. The summed E-state index contributed by atoms with van der Waals surface area (Å²) in [6, 6.07) is 13.5. The number of halogens is 1. The van der Waals surface area contributed by atoms with Gasteiger partial charge in [0.2, 0.25) is 5.91 Å². The predicted octanol–water partition coefficient (Wildman–Crippen LogP) is 4.00. The van der Waals surface area contributed by atoms with Crippen molar-refractivity contribution in [1.29, 1.82) is 0 Å². The molecular weight excluding hydrogens is 336 g/mol. The second-order valence-electron chi connectivity index (χ2n) is 6.18. The highest BCUT2D eigenvalue weighted by molar-refractivity contribution is 6.30. The van der Waals surface area contributed by atoms with Gasteiger partial charge in [-0.25, -0.2) is 0 Å². The first-order valence-corrected chi connectivity index (χ1v) is 8.56. The van der Waals surface area contributed by atoms with E-state index in [4.69, 9.17) is 11.6 Å². The molecule has 0 saturated carbocycles. The minimum Gasteiger partial charge on any atom is -0.354 e. The van der Waals surface area contributed by atoms with Gasteiger partial charge in [0.15, 0.2) is 5.82 Å². The molecule has 25 heavy (non-hydrogen) atoms. The molecule has 0 saturated heterocycles. The maximum atomic E-state index is 12.5. The van der Waals surface area contributed by atoms with Crippen molar-refractivity contribution in [1.82, 2.24) is 14.3 Å². The molecule has 1 amide bonds. The number of amides is 1. The molecule has 2 heterocycles. The van der Waals surface area contributed by atoms with Gasteiger partial charge < -0.3 is 9.88 Å². The lowest BCUT2D eigenvalue weighted by molar-refractivity contribution is -0.116. The van der Waals surface area contributed by atoms with Crippen LogP contribution in [-0.2, 0) is 18.4 Å². The number of carbonyl (C=O) groups excluding carboxylic acids is 1. The first-order chi connectivity index (χ1) is 12.0. The highest BCUT2D eigenvalue weighted by Crippen LogP contribution is 2.24. The highest BCUT2D eigenvalue weighted by atomic mass is 35.5. The molecular formula is C19H21ClN4O. The van der Waals surface area contributed by atoms with Crippen molar-refractivity contribution in [2.45, 2.75) is 25.8 Å². The van der Waals surface area contributed by atoms with E-state index < -0.39 is 0 Å². The topological polar surface area (TPSA) is 51.9 Å². The quantitative estimate of drug-likeness (QED) is 0.725. The van der Waals surface area contributed by atoms with Crippen LogP contribution in [0.2, 0.25) is 5.02 Å².